The van der Waals surface area contributed by atoms with E-state index in [1.807, 2.05) is 6.08 Å². The average molecular weight is 445 g/mol. The van der Waals surface area contributed by atoms with E-state index in [1.54, 1.807) is 0 Å². The molecule has 6 unspecified atom stereocenters. The fourth-order valence-corrected chi connectivity index (χ4v) is 8.59. The highest BCUT2D eigenvalue weighted by atomic mass is 28.4. The zero-order chi connectivity index (χ0) is 22.8. The quantitative estimate of drug-likeness (QED) is 0.452. The van der Waals surface area contributed by atoms with Gasteiger partial charge in [-0.05, 0) is 97.7 Å². The van der Waals surface area contributed by atoms with Gasteiger partial charge in [0.15, 0.2) is 19.9 Å². The molecule has 6 atom stereocenters. The van der Waals surface area contributed by atoms with Crippen LogP contribution < -0.4 is 0 Å². The summed E-state index contributed by atoms with van der Waals surface area (Å²) in [7, 11) is -1.90. The van der Waals surface area contributed by atoms with Crippen LogP contribution >= 0.6 is 0 Å². The van der Waals surface area contributed by atoms with Crippen LogP contribution in [0.25, 0.3) is 0 Å². The number of hydrogen-bond acceptors (Lipinski definition) is 3. The Bertz CT molecular complexity index is 791. The highest BCUT2D eigenvalue weighted by molar-refractivity contribution is 6.74. The first-order chi connectivity index (χ1) is 14.3. The minimum absolute atomic E-state index is 0.136. The molecular weight excluding hydrogens is 400 g/mol. The number of Topliss-reactive ketones (excluding diaryl/α,β-unsaturated/α-hetero) is 1. The lowest BCUT2D eigenvalue weighted by Crippen LogP contribution is -2.51. The standard InChI is InChI=1S/C27H44O3Si/c1-25(2,3)31(6,7)30-17-24(29)23-11-10-21-20-9-8-18-16-19(28)12-14-26(18,4)22(20)13-15-27(21,23)5/h16,20-23H,8-15,17H2,1-7H3. The number of allylic oxidation sites excluding steroid dienone is 1. The van der Waals surface area contributed by atoms with Gasteiger partial charge in [-0.2, -0.15) is 0 Å². The summed E-state index contributed by atoms with van der Waals surface area (Å²) in [4.78, 5) is 25.5. The first kappa shape index (κ1) is 23.4. The highest BCUT2D eigenvalue weighted by Crippen LogP contribution is 2.66. The number of carbonyl (C=O) groups excluding carboxylic acids is 2. The molecule has 3 fully saturated rings. The van der Waals surface area contributed by atoms with Gasteiger partial charge in [0.2, 0.25) is 0 Å². The molecule has 0 aliphatic heterocycles. The summed E-state index contributed by atoms with van der Waals surface area (Å²) >= 11 is 0. The third-order valence-corrected chi connectivity index (χ3v) is 15.2. The van der Waals surface area contributed by atoms with Crippen molar-refractivity contribution in [2.75, 3.05) is 6.61 Å². The number of ketones is 2. The van der Waals surface area contributed by atoms with Crippen LogP contribution in [0.4, 0.5) is 0 Å². The molecule has 31 heavy (non-hydrogen) atoms. The molecule has 0 N–H and O–H groups in total. The van der Waals surface area contributed by atoms with Gasteiger partial charge >= 0.3 is 0 Å². The summed E-state index contributed by atoms with van der Waals surface area (Å²) in [5.41, 5.74) is 1.78. The van der Waals surface area contributed by atoms with E-state index in [0.717, 1.165) is 32.1 Å². The summed E-state index contributed by atoms with van der Waals surface area (Å²) in [6, 6.07) is 0. The van der Waals surface area contributed by atoms with Gasteiger partial charge < -0.3 is 4.43 Å². The van der Waals surface area contributed by atoms with Gasteiger partial charge in [0.1, 0.15) is 0 Å². The molecule has 4 rings (SSSR count). The van der Waals surface area contributed by atoms with E-state index >= 15 is 0 Å². The predicted octanol–water partition coefficient (Wildman–Crippen LogP) is 6.73. The van der Waals surface area contributed by atoms with Crippen LogP contribution in [-0.4, -0.2) is 26.5 Å². The summed E-state index contributed by atoms with van der Waals surface area (Å²) in [5.74, 6) is 2.92. The maximum atomic E-state index is 13.4. The molecule has 3 nitrogen and oxygen atoms in total. The second-order valence-corrected chi connectivity index (χ2v) is 18.0. The Kier molecular flexibility index (Phi) is 5.78. The van der Waals surface area contributed by atoms with Crippen LogP contribution in [0.5, 0.6) is 0 Å². The number of rotatable bonds is 4. The first-order valence-corrected chi connectivity index (χ1v) is 15.6. The lowest BCUT2D eigenvalue weighted by Gasteiger charge is -2.58. The number of fused-ring (bicyclic) bond motifs is 5. The lowest BCUT2D eigenvalue weighted by molar-refractivity contribution is -0.132. The highest BCUT2D eigenvalue weighted by Gasteiger charge is 2.60. The van der Waals surface area contributed by atoms with Crippen molar-refractivity contribution in [1.82, 2.24) is 0 Å². The Morgan fingerprint density at radius 1 is 1.06 bits per heavy atom. The van der Waals surface area contributed by atoms with Crippen LogP contribution in [0.15, 0.2) is 11.6 Å². The second-order valence-electron chi connectivity index (χ2n) is 13.2. The third kappa shape index (κ3) is 3.74. The molecule has 0 aromatic rings. The second kappa shape index (κ2) is 7.65. The molecule has 174 valence electrons. The van der Waals surface area contributed by atoms with Crippen LogP contribution in [0.3, 0.4) is 0 Å². The summed E-state index contributed by atoms with van der Waals surface area (Å²) in [6.07, 6.45) is 10.7. The molecule has 0 aromatic carbocycles. The van der Waals surface area contributed by atoms with Gasteiger partial charge in [-0.1, -0.05) is 40.2 Å². The molecule has 3 saturated carbocycles. The van der Waals surface area contributed by atoms with Crippen molar-refractivity contribution in [1.29, 1.82) is 0 Å². The normalized spacial score (nSPS) is 40.6. The molecule has 0 heterocycles. The van der Waals surface area contributed by atoms with E-state index in [-0.39, 0.29) is 21.8 Å². The Hall–Kier alpha value is -0.743. The minimum Gasteiger partial charge on any atom is -0.410 e. The van der Waals surface area contributed by atoms with Gasteiger partial charge in [-0.25, -0.2) is 0 Å². The minimum atomic E-state index is -1.90. The SMILES string of the molecule is CC12CCC(=O)C=C1CCC1C2CCC2(C)C(C(=O)CO[Si](C)(C)C(C)(C)C)CCC12. The maximum Gasteiger partial charge on any atom is 0.192 e. The van der Waals surface area contributed by atoms with E-state index in [1.165, 1.54) is 24.8 Å². The van der Waals surface area contributed by atoms with Crippen molar-refractivity contribution in [3.63, 3.8) is 0 Å². The first-order valence-electron chi connectivity index (χ1n) is 12.7. The molecule has 4 aliphatic rings. The zero-order valence-corrected chi connectivity index (χ0v) is 22.0. The van der Waals surface area contributed by atoms with Crippen molar-refractivity contribution in [3.05, 3.63) is 11.6 Å². The van der Waals surface area contributed by atoms with Crippen LogP contribution in [-0.2, 0) is 14.0 Å². The molecule has 0 amide bonds. The van der Waals surface area contributed by atoms with Crippen molar-refractivity contribution in [3.8, 4) is 0 Å². The Morgan fingerprint density at radius 3 is 2.45 bits per heavy atom. The maximum absolute atomic E-state index is 13.4. The summed E-state index contributed by atoms with van der Waals surface area (Å²) < 4.78 is 6.35. The Morgan fingerprint density at radius 2 is 1.77 bits per heavy atom. The molecule has 0 saturated heterocycles. The molecule has 0 aromatic heterocycles. The van der Waals surface area contributed by atoms with Crippen molar-refractivity contribution < 1.29 is 14.0 Å². The van der Waals surface area contributed by atoms with Gasteiger partial charge in [0.25, 0.3) is 0 Å². The van der Waals surface area contributed by atoms with E-state index in [0.29, 0.717) is 35.9 Å². The summed E-state index contributed by atoms with van der Waals surface area (Å²) in [5, 5.41) is 0.137. The molecule has 0 radical (unpaired) electrons. The molecular formula is C27H44O3Si. The van der Waals surface area contributed by atoms with Gasteiger partial charge in [0, 0.05) is 12.3 Å². The predicted molar refractivity (Wildman–Crippen MR) is 128 cm³/mol. The van der Waals surface area contributed by atoms with Crippen molar-refractivity contribution in [2.24, 2.45) is 34.5 Å². The molecule has 4 heteroatoms. The van der Waals surface area contributed by atoms with Crippen LogP contribution in [0, 0.1) is 34.5 Å². The zero-order valence-electron chi connectivity index (χ0n) is 21.0. The Balaban J connectivity index is 1.49. The van der Waals surface area contributed by atoms with E-state index in [4.69, 9.17) is 4.43 Å². The largest absolute Gasteiger partial charge is 0.410 e. The molecule has 0 bridgehead atoms. The van der Waals surface area contributed by atoms with Gasteiger partial charge in [-0.3, -0.25) is 9.59 Å². The average Bonchev–Trinajstić information content (AvgIpc) is 3.03. The van der Waals surface area contributed by atoms with Crippen LogP contribution in [0.1, 0.15) is 86.0 Å². The smallest absolute Gasteiger partial charge is 0.192 e. The van der Waals surface area contributed by atoms with Crippen LogP contribution in [0.2, 0.25) is 18.1 Å². The topological polar surface area (TPSA) is 43.4 Å². The van der Waals surface area contributed by atoms with Gasteiger partial charge in [-0.15, -0.1) is 0 Å². The number of hydrogen-bond donors (Lipinski definition) is 0. The molecule has 0 spiro atoms. The van der Waals surface area contributed by atoms with E-state index < -0.39 is 8.32 Å². The lowest BCUT2D eigenvalue weighted by atomic mass is 9.46. The molecule has 4 aliphatic carbocycles. The fraction of sp³-hybridized carbons (Fsp3) is 0.852. The van der Waals surface area contributed by atoms with Crippen molar-refractivity contribution >= 4 is 19.9 Å². The third-order valence-electron chi connectivity index (χ3n) is 10.7. The summed E-state index contributed by atoms with van der Waals surface area (Å²) in [6.45, 7) is 16.4. The fourth-order valence-electron chi connectivity index (χ4n) is 7.66. The Labute approximate surface area is 190 Å². The van der Waals surface area contributed by atoms with E-state index in [9.17, 15) is 9.59 Å². The van der Waals surface area contributed by atoms with E-state index in [2.05, 4.69) is 47.7 Å². The van der Waals surface area contributed by atoms with Gasteiger partial charge in [0.05, 0.1) is 6.61 Å². The number of carbonyl (C=O) groups is 2. The monoisotopic (exact) mass is 444 g/mol. The van der Waals surface area contributed by atoms with Crippen molar-refractivity contribution in [2.45, 2.75) is 104 Å².